The van der Waals surface area contributed by atoms with Gasteiger partial charge in [-0.2, -0.15) is 0 Å². The van der Waals surface area contributed by atoms with Gasteiger partial charge < -0.3 is 9.67 Å². The van der Waals surface area contributed by atoms with Crippen molar-refractivity contribution in [3.05, 3.63) is 45.5 Å². The molecule has 1 N–H and O–H groups in total. The number of halogens is 3. The Morgan fingerprint density at radius 2 is 1.80 bits per heavy atom. The van der Waals surface area contributed by atoms with E-state index in [0.717, 1.165) is 10.6 Å². The highest BCUT2D eigenvalue weighted by atomic mass is 19.2. The molecule has 0 unspecified atom stereocenters. The molecule has 2 rings (SSSR count). The Hall–Kier alpha value is -2.31. The zero-order chi connectivity index (χ0) is 15.2. The summed E-state index contributed by atoms with van der Waals surface area (Å²) in [7, 11) is 0. The number of aromatic carboxylic acids is 1. The van der Waals surface area contributed by atoms with E-state index in [2.05, 4.69) is 0 Å². The van der Waals surface area contributed by atoms with Crippen LogP contribution in [0.3, 0.4) is 0 Å². The van der Waals surface area contributed by atoms with Crippen LogP contribution in [0.5, 0.6) is 0 Å². The second-order valence-corrected chi connectivity index (χ2v) is 4.55. The molecule has 4 nitrogen and oxygen atoms in total. The topological polar surface area (TPSA) is 59.3 Å². The van der Waals surface area contributed by atoms with Crippen molar-refractivity contribution in [2.45, 2.75) is 19.9 Å². The fourth-order valence-corrected chi connectivity index (χ4v) is 2.10. The molecular formula is C13H10F3NO3. The lowest BCUT2D eigenvalue weighted by molar-refractivity contribution is 0.0683. The van der Waals surface area contributed by atoms with E-state index < -0.39 is 51.5 Å². The van der Waals surface area contributed by atoms with Crippen LogP contribution in [-0.4, -0.2) is 15.6 Å². The predicted molar refractivity (Wildman–Crippen MR) is 65.4 cm³/mol. The SMILES string of the molecule is CC(C)n1c(C(=O)O)cc(=O)c2cc(F)c(F)c(F)c21. The molecule has 2 aromatic rings. The highest BCUT2D eigenvalue weighted by molar-refractivity contribution is 5.91. The third kappa shape index (κ3) is 1.95. The highest BCUT2D eigenvalue weighted by Crippen LogP contribution is 2.25. The first-order valence-electron chi connectivity index (χ1n) is 5.71. The number of aromatic nitrogens is 1. The summed E-state index contributed by atoms with van der Waals surface area (Å²) >= 11 is 0. The Labute approximate surface area is 111 Å². The van der Waals surface area contributed by atoms with Gasteiger partial charge >= 0.3 is 5.97 Å². The van der Waals surface area contributed by atoms with Gasteiger partial charge in [-0.25, -0.2) is 18.0 Å². The third-order valence-electron chi connectivity index (χ3n) is 2.91. The van der Waals surface area contributed by atoms with Crippen molar-refractivity contribution in [3.8, 4) is 0 Å². The lowest BCUT2D eigenvalue weighted by Gasteiger charge is -2.18. The van der Waals surface area contributed by atoms with Gasteiger partial charge in [-0.05, 0) is 19.9 Å². The van der Waals surface area contributed by atoms with Gasteiger partial charge in [0.25, 0.3) is 0 Å². The molecular weight excluding hydrogens is 275 g/mol. The first-order chi connectivity index (χ1) is 9.25. The van der Waals surface area contributed by atoms with Crippen LogP contribution in [0.1, 0.15) is 30.4 Å². The normalized spacial score (nSPS) is 11.3. The predicted octanol–water partition coefficient (Wildman–Crippen LogP) is 2.70. The Bertz CT molecular complexity index is 781. The van der Waals surface area contributed by atoms with Crippen molar-refractivity contribution in [2.24, 2.45) is 0 Å². The van der Waals surface area contributed by atoms with Crippen LogP contribution in [0, 0.1) is 17.5 Å². The fourth-order valence-electron chi connectivity index (χ4n) is 2.10. The zero-order valence-electron chi connectivity index (χ0n) is 10.6. The second kappa shape index (κ2) is 4.66. The van der Waals surface area contributed by atoms with Crippen molar-refractivity contribution in [1.82, 2.24) is 4.57 Å². The van der Waals surface area contributed by atoms with Crippen molar-refractivity contribution in [3.63, 3.8) is 0 Å². The van der Waals surface area contributed by atoms with E-state index in [1.165, 1.54) is 13.8 Å². The largest absolute Gasteiger partial charge is 0.477 e. The molecule has 7 heteroatoms. The van der Waals surface area contributed by atoms with Crippen LogP contribution in [0.2, 0.25) is 0 Å². The minimum absolute atomic E-state index is 0.403. The monoisotopic (exact) mass is 285 g/mol. The molecule has 1 heterocycles. The fraction of sp³-hybridized carbons (Fsp3) is 0.231. The van der Waals surface area contributed by atoms with Crippen molar-refractivity contribution < 1.29 is 23.1 Å². The lowest BCUT2D eigenvalue weighted by Crippen LogP contribution is -2.21. The van der Waals surface area contributed by atoms with E-state index in [1.54, 1.807) is 0 Å². The van der Waals surface area contributed by atoms with Crippen LogP contribution in [-0.2, 0) is 0 Å². The van der Waals surface area contributed by atoms with Gasteiger partial charge in [0.15, 0.2) is 22.9 Å². The maximum absolute atomic E-state index is 13.9. The van der Waals surface area contributed by atoms with E-state index in [9.17, 15) is 22.8 Å². The van der Waals surface area contributed by atoms with Crippen LogP contribution >= 0.6 is 0 Å². The molecule has 1 aromatic heterocycles. The Morgan fingerprint density at radius 1 is 1.20 bits per heavy atom. The minimum atomic E-state index is -1.74. The number of nitrogens with zero attached hydrogens (tertiary/aromatic N) is 1. The maximum Gasteiger partial charge on any atom is 0.352 e. The standard InChI is InChI=1S/C13H10F3NO3/c1-5(2)17-8(13(19)20)4-9(18)6-3-7(14)10(15)11(16)12(6)17/h3-5H,1-2H3,(H,19,20). The van der Waals surface area contributed by atoms with Crippen LogP contribution in [0.25, 0.3) is 10.9 Å². The summed E-state index contributed by atoms with van der Waals surface area (Å²) in [6.45, 7) is 3.08. The highest BCUT2D eigenvalue weighted by Gasteiger charge is 2.23. The first-order valence-corrected chi connectivity index (χ1v) is 5.71. The van der Waals surface area contributed by atoms with Gasteiger partial charge in [-0.1, -0.05) is 0 Å². The van der Waals surface area contributed by atoms with E-state index in [-0.39, 0.29) is 0 Å². The zero-order valence-corrected chi connectivity index (χ0v) is 10.6. The summed E-state index contributed by atoms with van der Waals surface area (Å²) in [6.07, 6.45) is 0. The van der Waals surface area contributed by atoms with E-state index >= 15 is 0 Å². The number of pyridine rings is 1. The molecule has 0 radical (unpaired) electrons. The molecule has 1 aromatic carbocycles. The quantitative estimate of drug-likeness (QED) is 0.863. The summed E-state index contributed by atoms with van der Waals surface area (Å²) in [6, 6.07) is 0.769. The van der Waals surface area contributed by atoms with E-state index in [1.807, 2.05) is 0 Å². The van der Waals surface area contributed by atoms with Gasteiger partial charge in [0.05, 0.1) is 10.9 Å². The number of hydrogen-bond acceptors (Lipinski definition) is 2. The number of hydrogen-bond donors (Lipinski definition) is 1. The number of carboxylic acids is 1. The summed E-state index contributed by atoms with van der Waals surface area (Å²) in [5.41, 5.74) is -1.92. The summed E-state index contributed by atoms with van der Waals surface area (Å²) in [5.74, 6) is -6.27. The Kier molecular flexibility index (Phi) is 3.29. The molecule has 0 spiro atoms. The Morgan fingerprint density at radius 3 is 2.30 bits per heavy atom. The number of benzene rings is 1. The summed E-state index contributed by atoms with van der Waals surface area (Å²) in [5, 5.41) is 8.66. The molecule has 0 saturated heterocycles. The van der Waals surface area contributed by atoms with Crippen molar-refractivity contribution in [2.75, 3.05) is 0 Å². The summed E-state index contributed by atoms with van der Waals surface area (Å²) in [4.78, 5) is 22.9. The molecule has 0 amide bonds. The molecule has 0 atom stereocenters. The van der Waals surface area contributed by atoms with Gasteiger partial charge in [-0.15, -0.1) is 0 Å². The van der Waals surface area contributed by atoms with E-state index in [4.69, 9.17) is 5.11 Å². The number of fused-ring (bicyclic) bond motifs is 1. The number of carboxylic acid groups (broad SMARTS) is 1. The van der Waals surface area contributed by atoms with Crippen LogP contribution in [0.15, 0.2) is 16.9 Å². The summed E-state index contributed by atoms with van der Waals surface area (Å²) < 4.78 is 41.4. The van der Waals surface area contributed by atoms with E-state index in [0.29, 0.717) is 6.07 Å². The smallest absolute Gasteiger partial charge is 0.352 e. The van der Waals surface area contributed by atoms with Gasteiger partial charge in [0, 0.05) is 12.1 Å². The molecule has 0 bridgehead atoms. The van der Waals surface area contributed by atoms with Gasteiger partial charge in [0.1, 0.15) is 5.69 Å². The maximum atomic E-state index is 13.9. The second-order valence-electron chi connectivity index (χ2n) is 4.55. The lowest BCUT2D eigenvalue weighted by atomic mass is 10.1. The van der Waals surface area contributed by atoms with Crippen molar-refractivity contribution in [1.29, 1.82) is 0 Å². The van der Waals surface area contributed by atoms with Crippen molar-refractivity contribution >= 4 is 16.9 Å². The average Bonchev–Trinajstić information content (AvgIpc) is 2.36. The van der Waals surface area contributed by atoms with Crippen LogP contribution < -0.4 is 5.43 Å². The van der Waals surface area contributed by atoms with Gasteiger partial charge in [0.2, 0.25) is 0 Å². The molecule has 0 aliphatic rings. The molecule has 0 aliphatic carbocycles. The molecule has 106 valence electrons. The van der Waals surface area contributed by atoms with Gasteiger partial charge in [-0.3, -0.25) is 4.79 Å². The number of rotatable bonds is 2. The third-order valence-corrected chi connectivity index (χ3v) is 2.91. The molecule has 0 aliphatic heterocycles. The molecule has 0 fully saturated rings. The Balaban J connectivity index is 3.14. The molecule has 0 saturated carbocycles. The minimum Gasteiger partial charge on any atom is -0.477 e. The molecule has 20 heavy (non-hydrogen) atoms. The number of carbonyl (C=O) groups is 1. The first kappa shape index (κ1) is 14.1. The average molecular weight is 285 g/mol. The van der Waals surface area contributed by atoms with Crippen LogP contribution in [0.4, 0.5) is 13.2 Å².